The van der Waals surface area contributed by atoms with E-state index in [1.165, 1.54) is 0 Å². The highest BCUT2D eigenvalue weighted by molar-refractivity contribution is 6.30. The summed E-state index contributed by atoms with van der Waals surface area (Å²) in [6.45, 7) is 2.05. The van der Waals surface area contributed by atoms with Crippen LogP contribution in [0.4, 0.5) is 16.2 Å². The fourth-order valence-electron chi connectivity index (χ4n) is 3.43. The van der Waals surface area contributed by atoms with E-state index in [-0.39, 0.29) is 0 Å². The number of esters is 1. The van der Waals surface area contributed by atoms with Crippen LogP contribution in [0.15, 0.2) is 72.8 Å². The number of pyridine rings is 1. The van der Waals surface area contributed by atoms with Gasteiger partial charge in [-0.1, -0.05) is 23.7 Å². The van der Waals surface area contributed by atoms with Crippen LogP contribution in [0.25, 0.3) is 22.2 Å². The molecule has 2 N–H and O–H groups in total. The Kier molecular flexibility index (Phi) is 6.94. The second-order valence-corrected chi connectivity index (χ2v) is 7.77. The van der Waals surface area contributed by atoms with Crippen molar-refractivity contribution >= 4 is 45.9 Å². The Morgan fingerprint density at radius 1 is 0.941 bits per heavy atom. The van der Waals surface area contributed by atoms with E-state index in [0.29, 0.717) is 34.3 Å². The van der Waals surface area contributed by atoms with Gasteiger partial charge in [-0.2, -0.15) is 0 Å². The number of halogens is 1. The van der Waals surface area contributed by atoms with Crippen LogP contribution >= 0.6 is 11.6 Å². The molecule has 0 aliphatic carbocycles. The van der Waals surface area contributed by atoms with E-state index in [9.17, 15) is 9.59 Å². The summed E-state index contributed by atoms with van der Waals surface area (Å²) in [4.78, 5) is 29.0. The summed E-state index contributed by atoms with van der Waals surface area (Å²) in [5.41, 5.74) is 3.86. The number of methoxy groups -OCH3 is 1. The highest BCUT2D eigenvalue weighted by atomic mass is 35.5. The summed E-state index contributed by atoms with van der Waals surface area (Å²) in [5.74, 6) is 0.217. The van der Waals surface area contributed by atoms with E-state index in [4.69, 9.17) is 26.1 Å². The number of carbonyl (C=O) groups is 2. The van der Waals surface area contributed by atoms with Crippen LogP contribution in [0.2, 0.25) is 5.02 Å². The van der Waals surface area contributed by atoms with Crippen molar-refractivity contribution in [3.8, 4) is 17.0 Å². The predicted octanol–water partition coefficient (Wildman–Crippen LogP) is 6.38. The van der Waals surface area contributed by atoms with Crippen molar-refractivity contribution in [2.24, 2.45) is 0 Å². The fraction of sp³-hybridized carbons (Fsp3) is 0.115. The Morgan fingerprint density at radius 3 is 2.38 bits per heavy atom. The maximum atomic E-state index is 12.5. The molecule has 7 nitrogen and oxygen atoms in total. The van der Waals surface area contributed by atoms with Crippen molar-refractivity contribution < 1.29 is 19.1 Å². The number of fused-ring (bicyclic) bond motifs is 1. The first-order valence-corrected chi connectivity index (χ1v) is 10.9. The number of benzene rings is 3. The first-order chi connectivity index (χ1) is 16.5. The second kappa shape index (κ2) is 10.2. The first kappa shape index (κ1) is 23.1. The number of amides is 2. The van der Waals surface area contributed by atoms with Gasteiger partial charge in [0.05, 0.1) is 30.5 Å². The summed E-state index contributed by atoms with van der Waals surface area (Å²) >= 11 is 6.12. The number of nitrogens with zero attached hydrogens (tertiary/aromatic N) is 1. The number of urea groups is 1. The Labute approximate surface area is 201 Å². The van der Waals surface area contributed by atoms with Crippen molar-refractivity contribution in [2.75, 3.05) is 24.4 Å². The number of rotatable bonds is 6. The maximum absolute atomic E-state index is 12.5. The van der Waals surface area contributed by atoms with Gasteiger partial charge in [0.15, 0.2) is 0 Å². The molecule has 4 aromatic rings. The number of hydrogen-bond acceptors (Lipinski definition) is 5. The molecule has 0 radical (unpaired) electrons. The maximum Gasteiger partial charge on any atom is 0.338 e. The van der Waals surface area contributed by atoms with Gasteiger partial charge >= 0.3 is 12.0 Å². The Bertz CT molecular complexity index is 1360. The van der Waals surface area contributed by atoms with Crippen molar-refractivity contribution in [3.63, 3.8) is 0 Å². The molecule has 0 unspecified atom stereocenters. The third kappa shape index (κ3) is 5.27. The molecule has 2 amide bonds. The summed E-state index contributed by atoms with van der Waals surface area (Å²) in [7, 11) is 1.59. The van der Waals surface area contributed by atoms with Crippen molar-refractivity contribution in [2.45, 2.75) is 6.92 Å². The van der Waals surface area contributed by atoms with Crippen molar-refractivity contribution in [1.82, 2.24) is 4.98 Å². The van der Waals surface area contributed by atoms with Crippen LogP contribution in [0.5, 0.6) is 5.75 Å². The molecule has 0 aliphatic rings. The minimum atomic E-state index is -0.425. The molecular weight excluding hydrogens is 454 g/mol. The van der Waals surface area contributed by atoms with Crippen LogP contribution < -0.4 is 15.4 Å². The largest absolute Gasteiger partial charge is 0.496 e. The van der Waals surface area contributed by atoms with Gasteiger partial charge in [0.1, 0.15) is 5.75 Å². The average molecular weight is 476 g/mol. The number of nitrogens with one attached hydrogen (secondary N) is 2. The van der Waals surface area contributed by atoms with Crippen LogP contribution in [-0.2, 0) is 4.74 Å². The molecule has 0 bridgehead atoms. The highest BCUT2D eigenvalue weighted by Gasteiger charge is 2.11. The van der Waals surface area contributed by atoms with Crippen LogP contribution in [0.3, 0.4) is 0 Å². The van der Waals surface area contributed by atoms with Gasteiger partial charge in [-0.15, -0.1) is 0 Å². The molecule has 0 spiro atoms. The van der Waals surface area contributed by atoms with Crippen molar-refractivity contribution in [1.29, 1.82) is 0 Å². The fourth-order valence-corrected chi connectivity index (χ4v) is 3.62. The number of anilines is 2. The SMILES string of the molecule is CCOC(=O)c1ccc(NC(=O)Nc2ccc3nc(-c4cccc(Cl)c4)cc(OC)c3c2)cc1. The number of ether oxygens (including phenoxy) is 2. The van der Waals surface area contributed by atoms with Gasteiger partial charge in [-0.05, 0) is 61.5 Å². The standard InChI is InChI=1S/C26H22ClN3O4/c1-3-34-25(31)16-7-9-19(10-8-16)28-26(32)29-20-11-12-22-21(14-20)24(33-2)15-23(30-22)17-5-4-6-18(27)13-17/h4-15H,3H2,1-2H3,(H2,28,29,32). The van der Waals surface area contributed by atoms with E-state index in [2.05, 4.69) is 10.6 Å². The Balaban J connectivity index is 1.51. The molecule has 0 saturated carbocycles. The summed E-state index contributed by atoms with van der Waals surface area (Å²) in [5, 5.41) is 6.92. The lowest BCUT2D eigenvalue weighted by Gasteiger charge is -2.12. The molecule has 8 heteroatoms. The average Bonchev–Trinajstić information content (AvgIpc) is 2.84. The second-order valence-electron chi connectivity index (χ2n) is 7.33. The lowest BCUT2D eigenvalue weighted by Crippen LogP contribution is -2.19. The number of carbonyl (C=O) groups excluding carboxylic acids is 2. The Hall–Kier alpha value is -4.10. The van der Waals surface area contributed by atoms with E-state index in [1.807, 2.05) is 30.3 Å². The number of aromatic nitrogens is 1. The van der Waals surface area contributed by atoms with Gasteiger partial charge in [-0.25, -0.2) is 14.6 Å². The third-order valence-electron chi connectivity index (χ3n) is 5.02. The molecule has 3 aromatic carbocycles. The molecule has 172 valence electrons. The number of hydrogen-bond donors (Lipinski definition) is 2. The van der Waals surface area contributed by atoms with Crippen molar-refractivity contribution in [3.05, 3.63) is 83.4 Å². The molecule has 1 aromatic heterocycles. The van der Waals surface area contributed by atoms with Crippen LogP contribution in [0, 0.1) is 0 Å². The third-order valence-corrected chi connectivity index (χ3v) is 5.26. The minimum Gasteiger partial charge on any atom is -0.496 e. The van der Waals surface area contributed by atoms with Gasteiger partial charge < -0.3 is 20.1 Å². The molecule has 0 atom stereocenters. The van der Waals surface area contributed by atoms with Gasteiger partial charge in [-0.3, -0.25) is 0 Å². The zero-order valence-corrected chi connectivity index (χ0v) is 19.3. The van der Waals surface area contributed by atoms with Gasteiger partial charge in [0.2, 0.25) is 0 Å². The zero-order chi connectivity index (χ0) is 24.1. The van der Waals surface area contributed by atoms with E-state index in [1.54, 1.807) is 56.5 Å². The molecule has 0 saturated heterocycles. The molecule has 34 heavy (non-hydrogen) atoms. The van der Waals surface area contributed by atoms with E-state index < -0.39 is 12.0 Å². The van der Waals surface area contributed by atoms with Crippen LogP contribution in [-0.4, -0.2) is 30.7 Å². The van der Waals surface area contributed by atoms with E-state index in [0.717, 1.165) is 22.2 Å². The minimum absolute atomic E-state index is 0.301. The highest BCUT2D eigenvalue weighted by Crippen LogP contribution is 2.32. The molecule has 4 rings (SSSR count). The van der Waals surface area contributed by atoms with Gasteiger partial charge in [0.25, 0.3) is 0 Å². The normalized spacial score (nSPS) is 10.6. The smallest absolute Gasteiger partial charge is 0.338 e. The van der Waals surface area contributed by atoms with Gasteiger partial charge in [0, 0.05) is 33.4 Å². The summed E-state index contributed by atoms with van der Waals surface area (Å²) in [6, 6.07) is 20.7. The van der Waals surface area contributed by atoms with E-state index >= 15 is 0 Å². The topological polar surface area (TPSA) is 89.5 Å². The monoisotopic (exact) mass is 475 g/mol. The predicted molar refractivity (Wildman–Crippen MR) is 134 cm³/mol. The first-order valence-electron chi connectivity index (χ1n) is 10.6. The summed E-state index contributed by atoms with van der Waals surface area (Å²) in [6.07, 6.45) is 0. The lowest BCUT2D eigenvalue weighted by atomic mass is 10.1. The molecule has 0 aliphatic heterocycles. The molecule has 0 fully saturated rings. The molecular formula is C26H22ClN3O4. The summed E-state index contributed by atoms with van der Waals surface area (Å²) < 4.78 is 10.5. The van der Waals surface area contributed by atoms with Crippen LogP contribution in [0.1, 0.15) is 17.3 Å². The zero-order valence-electron chi connectivity index (χ0n) is 18.6. The Morgan fingerprint density at radius 2 is 1.68 bits per heavy atom. The molecule has 1 heterocycles. The quantitative estimate of drug-likeness (QED) is 0.315. The lowest BCUT2D eigenvalue weighted by molar-refractivity contribution is 0.0526.